The summed E-state index contributed by atoms with van der Waals surface area (Å²) < 4.78 is 5.80. The fraction of sp³-hybridized carbons (Fsp3) is 0.302. The number of ether oxygens (including phenoxy) is 1. The van der Waals surface area contributed by atoms with Crippen LogP contribution in [0.1, 0.15) is 42.4 Å². The number of benzene rings is 4. The van der Waals surface area contributed by atoms with Crippen LogP contribution >= 0.6 is 0 Å². The van der Waals surface area contributed by atoms with Gasteiger partial charge in [-0.15, -0.1) is 0 Å². The van der Waals surface area contributed by atoms with Gasteiger partial charge in [-0.25, -0.2) is 4.90 Å². The van der Waals surface area contributed by atoms with Crippen molar-refractivity contribution < 1.29 is 38.9 Å². The van der Waals surface area contributed by atoms with E-state index in [0.717, 1.165) is 27.6 Å². The summed E-state index contributed by atoms with van der Waals surface area (Å²) in [6.07, 6.45) is 1.85. The van der Waals surface area contributed by atoms with E-state index in [1.807, 2.05) is 25.1 Å². The fourth-order valence-corrected chi connectivity index (χ4v) is 9.81. The van der Waals surface area contributed by atoms with E-state index in [0.29, 0.717) is 22.4 Å². The van der Waals surface area contributed by atoms with E-state index < -0.39 is 79.9 Å². The van der Waals surface area contributed by atoms with Crippen molar-refractivity contribution in [3.05, 3.63) is 133 Å². The Morgan fingerprint density at radius 3 is 2.15 bits per heavy atom. The first kappa shape index (κ1) is 38.8. The lowest BCUT2D eigenvalue weighted by atomic mass is 9.49. The molecule has 2 saturated heterocycles. The molecule has 16 nitrogen and oxygen atoms in total. The Morgan fingerprint density at radius 2 is 1.54 bits per heavy atom. The van der Waals surface area contributed by atoms with Gasteiger partial charge in [-0.1, -0.05) is 65.7 Å². The number of anilines is 3. The van der Waals surface area contributed by atoms with Crippen molar-refractivity contribution in [2.45, 2.75) is 38.0 Å². The molecule has 4 aliphatic rings. The summed E-state index contributed by atoms with van der Waals surface area (Å²) in [5, 5.41) is 36.4. The number of imide groups is 2. The van der Waals surface area contributed by atoms with Gasteiger partial charge in [0.25, 0.3) is 11.8 Å². The maximum atomic E-state index is 15.4. The normalized spacial score (nSPS) is 24.6. The number of hydrazine groups is 1. The predicted molar refractivity (Wildman–Crippen MR) is 215 cm³/mol. The summed E-state index contributed by atoms with van der Waals surface area (Å²) in [5.74, 6) is -7.35. The van der Waals surface area contributed by atoms with Crippen LogP contribution in [0.15, 0.2) is 96.6 Å². The summed E-state index contributed by atoms with van der Waals surface area (Å²) in [6, 6.07) is 22.9. The lowest BCUT2D eigenvalue weighted by molar-refractivity contribution is -0.392. The average molecular weight is 801 g/mol. The number of nitro groups is 2. The summed E-state index contributed by atoms with van der Waals surface area (Å²) in [6.45, 7) is 3.88. The molecule has 302 valence electrons. The standard InChI is InChI=1S/C43H40N6O10/c1-5-59-35-19-24(13-18-34(35)50)37-28-16-17-29-36(41(53)46(39(29)51)27-20-32(48(55)56)38(45(3)4)33(21-27)49(57)58)30(28)22-31-40(52)47(44-26-14-11-23(2)12-15-26)42(54)43(31,37)25-9-7-6-8-10-25/h6-16,18-21,29-31,36-37,44,50H,5,17,22H2,1-4H3. The Morgan fingerprint density at radius 1 is 0.881 bits per heavy atom. The Labute approximate surface area is 337 Å². The van der Waals surface area contributed by atoms with Crippen molar-refractivity contribution in [3.8, 4) is 11.5 Å². The zero-order valence-electron chi connectivity index (χ0n) is 32.5. The molecule has 16 heteroatoms. The second-order valence-electron chi connectivity index (χ2n) is 15.5. The largest absolute Gasteiger partial charge is 0.504 e. The molecule has 4 amide bonds. The van der Waals surface area contributed by atoms with Crippen LogP contribution in [-0.2, 0) is 24.6 Å². The third kappa shape index (κ3) is 5.88. The molecular weight excluding hydrogens is 761 g/mol. The van der Waals surface area contributed by atoms with Gasteiger partial charge in [-0.05, 0) is 68.0 Å². The molecular formula is C43H40N6O10. The van der Waals surface area contributed by atoms with Gasteiger partial charge in [0, 0.05) is 32.1 Å². The molecule has 59 heavy (non-hydrogen) atoms. The van der Waals surface area contributed by atoms with E-state index in [9.17, 15) is 39.7 Å². The number of phenolic OH excluding ortho intramolecular Hbond substituents is 1. The lowest BCUT2D eigenvalue weighted by Gasteiger charge is -2.50. The Bertz CT molecular complexity index is 2450. The summed E-state index contributed by atoms with van der Waals surface area (Å²) in [5.41, 5.74) is 2.69. The molecule has 2 aliphatic carbocycles. The summed E-state index contributed by atoms with van der Waals surface area (Å²) in [4.78, 5) is 84.5. The lowest BCUT2D eigenvalue weighted by Crippen LogP contribution is -2.53. The first-order valence-corrected chi connectivity index (χ1v) is 19.1. The van der Waals surface area contributed by atoms with Crippen LogP contribution in [0.5, 0.6) is 11.5 Å². The van der Waals surface area contributed by atoms with Crippen molar-refractivity contribution in [1.29, 1.82) is 0 Å². The average Bonchev–Trinajstić information content (AvgIpc) is 3.59. The highest BCUT2D eigenvalue weighted by Crippen LogP contribution is 2.64. The topological polar surface area (TPSA) is 206 Å². The fourth-order valence-electron chi connectivity index (χ4n) is 9.81. The van der Waals surface area contributed by atoms with Crippen molar-refractivity contribution in [1.82, 2.24) is 5.01 Å². The molecule has 0 bridgehead atoms. The molecule has 0 radical (unpaired) electrons. The first-order chi connectivity index (χ1) is 28.2. The number of amides is 4. The molecule has 4 aromatic rings. The Hall–Kier alpha value is -7.10. The minimum Gasteiger partial charge on any atom is -0.504 e. The molecule has 3 fully saturated rings. The van der Waals surface area contributed by atoms with Gasteiger partial charge in [0.2, 0.25) is 11.8 Å². The van der Waals surface area contributed by atoms with Crippen molar-refractivity contribution >= 4 is 52.1 Å². The number of rotatable bonds is 10. The number of carbonyl (C=O) groups is 4. The number of hydrogen-bond acceptors (Lipinski definition) is 12. The minimum absolute atomic E-state index is 0.0296. The molecule has 6 atom stereocenters. The molecule has 2 aliphatic heterocycles. The predicted octanol–water partition coefficient (Wildman–Crippen LogP) is 6.17. The van der Waals surface area contributed by atoms with E-state index in [2.05, 4.69) is 5.43 Å². The number of hydrogen-bond donors (Lipinski definition) is 2. The highest BCUT2D eigenvalue weighted by atomic mass is 16.6. The summed E-state index contributed by atoms with van der Waals surface area (Å²) >= 11 is 0. The van der Waals surface area contributed by atoms with E-state index >= 15 is 4.79 Å². The van der Waals surface area contributed by atoms with Gasteiger partial charge in [-0.3, -0.25) is 44.8 Å². The van der Waals surface area contributed by atoms with Gasteiger partial charge in [0.05, 0.1) is 51.0 Å². The van der Waals surface area contributed by atoms with Gasteiger partial charge < -0.3 is 14.7 Å². The number of carbonyl (C=O) groups excluding carboxylic acids is 4. The molecule has 6 unspecified atom stereocenters. The van der Waals surface area contributed by atoms with Gasteiger partial charge in [0.1, 0.15) is 0 Å². The molecule has 2 heterocycles. The van der Waals surface area contributed by atoms with Gasteiger partial charge >= 0.3 is 11.4 Å². The number of phenols is 1. The zero-order valence-corrected chi connectivity index (χ0v) is 32.5. The number of aryl methyl sites for hydroxylation is 1. The van der Waals surface area contributed by atoms with Crippen LogP contribution in [0.3, 0.4) is 0 Å². The van der Waals surface area contributed by atoms with E-state index in [1.54, 1.807) is 61.5 Å². The second-order valence-corrected chi connectivity index (χ2v) is 15.5. The van der Waals surface area contributed by atoms with Crippen molar-refractivity contribution in [2.24, 2.45) is 23.7 Å². The molecule has 4 aromatic carbocycles. The number of nitrogens with zero attached hydrogens (tertiary/aromatic N) is 5. The second kappa shape index (κ2) is 14.4. The molecule has 1 saturated carbocycles. The van der Waals surface area contributed by atoms with Crippen LogP contribution in [0.4, 0.5) is 28.4 Å². The highest BCUT2D eigenvalue weighted by Gasteiger charge is 2.70. The van der Waals surface area contributed by atoms with E-state index in [4.69, 9.17) is 4.74 Å². The molecule has 8 rings (SSSR count). The van der Waals surface area contributed by atoms with E-state index in [-0.39, 0.29) is 42.3 Å². The Balaban J connectivity index is 1.31. The van der Waals surface area contributed by atoms with Gasteiger partial charge in [0.15, 0.2) is 17.2 Å². The van der Waals surface area contributed by atoms with Crippen LogP contribution < -0.4 is 20.0 Å². The smallest absolute Gasteiger partial charge is 0.301 e. The summed E-state index contributed by atoms with van der Waals surface area (Å²) in [7, 11) is 2.83. The third-order valence-corrected chi connectivity index (χ3v) is 12.2. The van der Waals surface area contributed by atoms with E-state index in [1.165, 1.54) is 25.1 Å². The Kier molecular flexibility index (Phi) is 9.44. The van der Waals surface area contributed by atoms with Crippen LogP contribution in [0, 0.1) is 50.8 Å². The van der Waals surface area contributed by atoms with Crippen LogP contribution in [0.2, 0.25) is 0 Å². The van der Waals surface area contributed by atoms with Crippen LogP contribution in [0.25, 0.3) is 0 Å². The zero-order chi connectivity index (χ0) is 42.1. The maximum Gasteiger partial charge on any atom is 0.301 e. The number of nitro benzene ring substituents is 2. The number of aromatic hydroxyl groups is 1. The number of fused-ring (bicyclic) bond motifs is 4. The monoisotopic (exact) mass is 800 g/mol. The highest BCUT2D eigenvalue weighted by molar-refractivity contribution is 6.23. The quantitative estimate of drug-likeness (QED) is 0.0800. The third-order valence-electron chi connectivity index (χ3n) is 12.2. The minimum atomic E-state index is -1.58. The SMILES string of the molecule is CCOc1cc(C2C3=CCC4C(=O)N(c5cc([N+](=O)[O-])c(N(C)C)c([N+](=O)[O-])c5)C(=O)C4C3CC3C(=O)N(Nc4ccc(C)cc4)C(=O)C32c2ccccc2)ccc1O. The molecule has 2 N–H and O–H groups in total. The first-order valence-electron chi connectivity index (χ1n) is 19.1. The maximum absolute atomic E-state index is 15.4. The molecule has 0 aromatic heterocycles. The van der Waals surface area contributed by atoms with Crippen LogP contribution in [-0.4, -0.2) is 64.3 Å². The number of allylic oxidation sites excluding steroid dienone is 2. The van der Waals surface area contributed by atoms with Crippen molar-refractivity contribution in [3.63, 3.8) is 0 Å². The van der Waals surface area contributed by atoms with Gasteiger partial charge in [-0.2, -0.15) is 5.01 Å². The van der Waals surface area contributed by atoms with Crippen molar-refractivity contribution in [2.75, 3.05) is 35.9 Å². The number of nitrogens with one attached hydrogen (secondary N) is 1. The molecule has 0 spiro atoms.